The zero-order valence-electron chi connectivity index (χ0n) is 11.7. The molecule has 0 bridgehead atoms. The molecule has 0 aromatic heterocycles. The number of halogens is 2. The van der Waals surface area contributed by atoms with Crippen LogP contribution in [0.15, 0.2) is 47.6 Å². The average Bonchev–Trinajstić information content (AvgIpc) is 2.55. The third-order valence-electron chi connectivity index (χ3n) is 3.58. The van der Waals surface area contributed by atoms with Crippen LogP contribution < -0.4 is 0 Å². The summed E-state index contributed by atoms with van der Waals surface area (Å²) < 4.78 is 0. The molecule has 0 aliphatic heterocycles. The lowest BCUT2D eigenvalue weighted by Crippen LogP contribution is -2.13. The minimum atomic E-state index is -0.547. The number of hydrogen-bond donors (Lipinski definition) is 0. The lowest BCUT2D eigenvalue weighted by molar-refractivity contribution is 0.0515. The Morgan fingerprint density at radius 1 is 1.05 bits per heavy atom. The molecule has 1 aliphatic carbocycles. The number of nitrogens with zero attached hydrogens (tertiary/aromatic N) is 1. The Hall–Kier alpha value is -1.84. The predicted octanol–water partition coefficient (Wildman–Crippen LogP) is 4.89. The van der Waals surface area contributed by atoms with Crippen molar-refractivity contribution in [2.24, 2.45) is 5.16 Å². The molecule has 1 aliphatic rings. The first-order chi connectivity index (χ1) is 10.6. The minimum absolute atomic E-state index is 0.312. The highest BCUT2D eigenvalue weighted by Gasteiger charge is 2.16. The van der Waals surface area contributed by atoms with Crippen molar-refractivity contribution in [1.82, 2.24) is 0 Å². The lowest BCUT2D eigenvalue weighted by Gasteiger charge is -2.16. The fraction of sp³-hybridized carbons (Fsp3) is 0.176. The Labute approximate surface area is 138 Å². The van der Waals surface area contributed by atoms with Crippen LogP contribution in [-0.2, 0) is 11.3 Å². The first-order valence-electron chi connectivity index (χ1n) is 6.96. The molecular weight excluding hydrogens is 321 g/mol. The quantitative estimate of drug-likeness (QED) is 0.579. The molecule has 0 amide bonds. The average molecular weight is 334 g/mol. The van der Waals surface area contributed by atoms with Crippen molar-refractivity contribution in [2.75, 3.05) is 0 Å². The van der Waals surface area contributed by atoms with Gasteiger partial charge >= 0.3 is 5.97 Å². The van der Waals surface area contributed by atoms with Crippen molar-refractivity contribution in [2.45, 2.75) is 19.3 Å². The Morgan fingerprint density at radius 2 is 1.86 bits per heavy atom. The number of rotatable bonds is 2. The van der Waals surface area contributed by atoms with Gasteiger partial charge in [-0.2, -0.15) is 0 Å². The first-order valence-corrected chi connectivity index (χ1v) is 7.72. The van der Waals surface area contributed by atoms with Gasteiger partial charge in [-0.1, -0.05) is 52.6 Å². The van der Waals surface area contributed by atoms with Gasteiger partial charge in [-0.3, -0.25) is 0 Å². The summed E-state index contributed by atoms with van der Waals surface area (Å²) in [6.07, 6.45) is 2.82. The topological polar surface area (TPSA) is 38.7 Å². The van der Waals surface area contributed by atoms with Crippen LogP contribution in [0.2, 0.25) is 10.0 Å². The van der Waals surface area contributed by atoms with Gasteiger partial charge in [0.15, 0.2) is 0 Å². The molecule has 3 rings (SSSR count). The molecule has 22 heavy (non-hydrogen) atoms. The van der Waals surface area contributed by atoms with E-state index >= 15 is 0 Å². The zero-order chi connectivity index (χ0) is 15.5. The molecule has 0 spiro atoms. The predicted molar refractivity (Wildman–Crippen MR) is 87.8 cm³/mol. The van der Waals surface area contributed by atoms with Crippen molar-refractivity contribution in [1.29, 1.82) is 0 Å². The van der Waals surface area contributed by atoms with Crippen LogP contribution in [-0.4, -0.2) is 11.7 Å². The smallest absolute Gasteiger partial charge is 0.313 e. The number of benzene rings is 2. The molecule has 0 saturated carbocycles. The second-order valence-electron chi connectivity index (χ2n) is 5.06. The van der Waals surface area contributed by atoms with E-state index in [0.717, 1.165) is 30.5 Å². The molecule has 0 unspecified atom stereocenters. The van der Waals surface area contributed by atoms with Gasteiger partial charge in [-0.15, -0.1) is 0 Å². The van der Waals surface area contributed by atoms with Gasteiger partial charge in [-0.25, -0.2) is 4.79 Å². The van der Waals surface area contributed by atoms with Crippen molar-refractivity contribution in [3.05, 3.63) is 69.2 Å². The summed E-state index contributed by atoms with van der Waals surface area (Å²) in [4.78, 5) is 17.1. The van der Waals surface area contributed by atoms with Crippen LogP contribution in [0.4, 0.5) is 0 Å². The first kappa shape index (κ1) is 15.1. The summed E-state index contributed by atoms with van der Waals surface area (Å²) >= 11 is 11.7. The van der Waals surface area contributed by atoms with Gasteiger partial charge in [0.25, 0.3) is 0 Å². The number of oxime groups is 1. The molecule has 0 N–H and O–H groups in total. The molecule has 112 valence electrons. The third kappa shape index (κ3) is 3.16. The lowest BCUT2D eigenvalue weighted by atomic mass is 9.90. The van der Waals surface area contributed by atoms with Crippen LogP contribution in [0.1, 0.15) is 34.3 Å². The maximum absolute atomic E-state index is 12.0. The maximum Gasteiger partial charge on any atom is 0.365 e. The summed E-state index contributed by atoms with van der Waals surface area (Å²) in [6.45, 7) is 0. The zero-order valence-corrected chi connectivity index (χ0v) is 13.2. The van der Waals surface area contributed by atoms with Crippen molar-refractivity contribution in [3.63, 3.8) is 0 Å². The van der Waals surface area contributed by atoms with E-state index in [2.05, 4.69) is 11.2 Å². The molecular formula is C17H13Cl2NO2. The Kier molecular flexibility index (Phi) is 4.46. The number of carbonyl (C=O) groups is 1. The van der Waals surface area contributed by atoms with E-state index in [9.17, 15) is 4.79 Å². The molecule has 0 atom stereocenters. The number of carbonyl (C=O) groups excluding carboxylic acids is 1. The van der Waals surface area contributed by atoms with E-state index in [1.54, 1.807) is 12.1 Å². The van der Waals surface area contributed by atoms with Gasteiger partial charge in [-0.05, 0) is 43.0 Å². The third-order valence-corrected chi connectivity index (χ3v) is 4.32. The second kappa shape index (κ2) is 6.51. The SMILES string of the molecule is O=C(ON=C1CCCc2ccccc21)c1ccc(Cl)c(Cl)c1. The van der Waals surface area contributed by atoms with Crippen molar-refractivity contribution in [3.8, 4) is 0 Å². The molecule has 0 fully saturated rings. The maximum atomic E-state index is 12.0. The van der Waals surface area contributed by atoms with E-state index in [1.165, 1.54) is 11.6 Å². The summed E-state index contributed by atoms with van der Waals surface area (Å²) in [7, 11) is 0. The highest BCUT2D eigenvalue weighted by molar-refractivity contribution is 6.42. The molecule has 2 aromatic rings. The van der Waals surface area contributed by atoms with Crippen molar-refractivity contribution >= 4 is 34.9 Å². The van der Waals surface area contributed by atoms with Gasteiger partial charge in [0, 0.05) is 5.56 Å². The van der Waals surface area contributed by atoms with E-state index < -0.39 is 5.97 Å². The Bertz CT molecular complexity index is 756. The second-order valence-corrected chi connectivity index (χ2v) is 5.87. The van der Waals surface area contributed by atoms with Crippen LogP contribution in [0, 0.1) is 0 Å². The highest BCUT2D eigenvalue weighted by atomic mass is 35.5. The molecule has 2 aromatic carbocycles. The monoisotopic (exact) mass is 333 g/mol. The fourth-order valence-electron chi connectivity index (χ4n) is 2.47. The Morgan fingerprint density at radius 3 is 2.68 bits per heavy atom. The summed E-state index contributed by atoms with van der Waals surface area (Å²) in [5.41, 5.74) is 3.41. The Balaban J connectivity index is 1.79. The van der Waals surface area contributed by atoms with Crippen LogP contribution in [0.25, 0.3) is 0 Å². The van der Waals surface area contributed by atoms with Crippen LogP contribution >= 0.6 is 23.2 Å². The molecule has 5 heteroatoms. The molecule has 0 heterocycles. The van der Waals surface area contributed by atoms with Gasteiger partial charge in [0.1, 0.15) is 0 Å². The van der Waals surface area contributed by atoms with E-state index in [-0.39, 0.29) is 0 Å². The minimum Gasteiger partial charge on any atom is -0.313 e. The molecule has 3 nitrogen and oxygen atoms in total. The van der Waals surface area contributed by atoms with Crippen molar-refractivity contribution < 1.29 is 9.63 Å². The largest absolute Gasteiger partial charge is 0.365 e. The number of fused-ring (bicyclic) bond motifs is 1. The number of aryl methyl sites for hydroxylation is 1. The number of hydrogen-bond acceptors (Lipinski definition) is 3. The summed E-state index contributed by atoms with van der Waals surface area (Å²) in [5, 5.41) is 4.75. The summed E-state index contributed by atoms with van der Waals surface area (Å²) in [5.74, 6) is -0.547. The van der Waals surface area contributed by atoms with Crippen LogP contribution in [0.3, 0.4) is 0 Å². The van der Waals surface area contributed by atoms with Crippen LogP contribution in [0.5, 0.6) is 0 Å². The van der Waals surface area contributed by atoms with E-state index in [1.807, 2.05) is 18.2 Å². The van der Waals surface area contributed by atoms with E-state index in [0.29, 0.717) is 15.6 Å². The van der Waals surface area contributed by atoms with Gasteiger partial charge in [0.2, 0.25) is 0 Å². The standard InChI is InChI=1S/C17H13Cl2NO2/c18-14-9-8-12(10-15(14)19)17(21)22-20-16-7-3-5-11-4-1-2-6-13(11)16/h1-2,4,6,8-10H,3,5,7H2. The molecule has 0 radical (unpaired) electrons. The van der Waals surface area contributed by atoms with Gasteiger partial charge in [0.05, 0.1) is 21.3 Å². The fourth-order valence-corrected chi connectivity index (χ4v) is 2.77. The normalized spacial score (nSPS) is 15.5. The molecule has 0 saturated heterocycles. The van der Waals surface area contributed by atoms with Gasteiger partial charge < -0.3 is 4.84 Å². The highest BCUT2D eigenvalue weighted by Crippen LogP contribution is 2.24. The summed E-state index contributed by atoms with van der Waals surface area (Å²) in [6, 6.07) is 12.6. The van der Waals surface area contributed by atoms with E-state index in [4.69, 9.17) is 28.0 Å².